The molecule has 0 aliphatic carbocycles. The normalized spacial score (nSPS) is 12.4. The van der Waals surface area contributed by atoms with Crippen LogP contribution in [0.25, 0.3) is 0 Å². The summed E-state index contributed by atoms with van der Waals surface area (Å²) in [5, 5.41) is 0. The fourth-order valence-corrected chi connectivity index (χ4v) is 4.38. The molecule has 1 rings (SSSR count). The monoisotopic (exact) mass is 328 g/mol. The Hall–Kier alpha value is -0.980. The number of hydrogen-bond acceptors (Lipinski definition) is 3. The number of hydrogen-bond donors (Lipinski definition) is 2. The van der Waals surface area contributed by atoms with E-state index in [0.29, 0.717) is 11.1 Å². The van der Waals surface area contributed by atoms with Crippen LogP contribution in [0.15, 0.2) is 23.1 Å². The molecular formula is C15H24N2O2S2. The molecule has 0 aliphatic rings. The fraction of sp³-hybridized carbons (Fsp3) is 0.533. The molecule has 6 heteroatoms. The minimum Gasteiger partial charge on any atom is -0.389 e. The van der Waals surface area contributed by atoms with Gasteiger partial charge >= 0.3 is 0 Å². The van der Waals surface area contributed by atoms with Gasteiger partial charge in [-0.2, -0.15) is 0 Å². The van der Waals surface area contributed by atoms with Crippen molar-refractivity contribution in [3.05, 3.63) is 29.3 Å². The molecule has 0 saturated heterocycles. The van der Waals surface area contributed by atoms with Crippen molar-refractivity contribution in [2.75, 3.05) is 0 Å². The van der Waals surface area contributed by atoms with Crippen LogP contribution in [0.5, 0.6) is 0 Å². The first-order valence-corrected chi connectivity index (χ1v) is 9.05. The number of benzene rings is 1. The van der Waals surface area contributed by atoms with Crippen molar-refractivity contribution in [3.8, 4) is 0 Å². The van der Waals surface area contributed by atoms with Crippen molar-refractivity contribution in [2.45, 2.75) is 57.4 Å². The number of rotatable bonds is 7. The molecule has 0 radical (unpaired) electrons. The van der Waals surface area contributed by atoms with E-state index in [1.54, 1.807) is 25.1 Å². The Labute approximate surface area is 133 Å². The zero-order valence-electron chi connectivity index (χ0n) is 13.1. The van der Waals surface area contributed by atoms with Crippen LogP contribution in [0.1, 0.15) is 51.2 Å². The molecule has 118 valence electrons. The molecule has 0 unspecified atom stereocenters. The third-order valence-corrected chi connectivity index (χ3v) is 6.10. The highest BCUT2D eigenvalue weighted by atomic mass is 32.2. The number of nitrogens with one attached hydrogen (secondary N) is 1. The van der Waals surface area contributed by atoms with Crippen molar-refractivity contribution >= 4 is 27.2 Å². The lowest BCUT2D eigenvalue weighted by Gasteiger charge is -2.31. The predicted octanol–water partition coefficient (Wildman–Crippen LogP) is 2.88. The number of thiocarbonyl (C=S) groups is 1. The summed E-state index contributed by atoms with van der Waals surface area (Å²) >= 11 is 4.92. The second-order valence-corrected chi connectivity index (χ2v) is 7.38. The summed E-state index contributed by atoms with van der Waals surface area (Å²) in [4.78, 5) is 0.544. The van der Waals surface area contributed by atoms with Crippen LogP contribution in [0.2, 0.25) is 0 Å². The minimum atomic E-state index is -3.56. The Bertz CT molecular complexity index is 612. The molecule has 1 aromatic rings. The summed E-state index contributed by atoms with van der Waals surface area (Å²) < 4.78 is 28.2. The Morgan fingerprint density at radius 2 is 1.76 bits per heavy atom. The van der Waals surface area contributed by atoms with Gasteiger partial charge in [0.05, 0.1) is 4.90 Å². The number of aryl methyl sites for hydroxylation is 1. The van der Waals surface area contributed by atoms with E-state index in [-0.39, 0.29) is 9.88 Å². The Morgan fingerprint density at radius 1 is 1.24 bits per heavy atom. The lowest BCUT2D eigenvalue weighted by Crippen LogP contribution is -2.47. The molecule has 21 heavy (non-hydrogen) atoms. The van der Waals surface area contributed by atoms with Crippen LogP contribution in [0.4, 0.5) is 0 Å². The van der Waals surface area contributed by atoms with Gasteiger partial charge in [-0.25, -0.2) is 13.1 Å². The molecule has 4 nitrogen and oxygen atoms in total. The van der Waals surface area contributed by atoms with Gasteiger partial charge in [-0.3, -0.25) is 0 Å². The van der Waals surface area contributed by atoms with Crippen LogP contribution in [-0.4, -0.2) is 18.9 Å². The fourth-order valence-electron chi connectivity index (χ4n) is 2.41. The second-order valence-electron chi connectivity index (χ2n) is 5.29. The molecule has 0 aromatic heterocycles. The van der Waals surface area contributed by atoms with E-state index in [0.717, 1.165) is 19.3 Å². The first-order valence-electron chi connectivity index (χ1n) is 7.15. The maximum absolute atomic E-state index is 12.7. The van der Waals surface area contributed by atoms with Gasteiger partial charge in [-0.05, 0) is 43.9 Å². The van der Waals surface area contributed by atoms with Gasteiger partial charge in [0.1, 0.15) is 4.99 Å². The topological polar surface area (TPSA) is 72.2 Å². The average Bonchev–Trinajstić information content (AvgIpc) is 2.44. The predicted molar refractivity (Wildman–Crippen MR) is 91.0 cm³/mol. The zero-order chi connectivity index (χ0) is 16.3. The Kier molecular flexibility index (Phi) is 5.90. The van der Waals surface area contributed by atoms with Crippen LogP contribution < -0.4 is 10.5 Å². The van der Waals surface area contributed by atoms with Gasteiger partial charge in [0.15, 0.2) is 0 Å². The van der Waals surface area contributed by atoms with E-state index in [2.05, 4.69) is 4.72 Å². The largest absolute Gasteiger partial charge is 0.389 e. The van der Waals surface area contributed by atoms with Crippen LogP contribution in [0, 0.1) is 6.92 Å². The summed E-state index contributed by atoms with van der Waals surface area (Å²) in [5.74, 6) is 0. The summed E-state index contributed by atoms with van der Waals surface area (Å²) in [6.07, 6.45) is 2.26. The van der Waals surface area contributed by atoms with Gasteiger partial charge in [0.25, 0.3) is 0 Å². The van der Waals surface area contributed by atoms with Crippen LogP contribution in [0.3, 0.4) is 0 Å². The molecule has 0 heterocycles. The third-order valence-electron chi connectivity index (χ3n) is 4.13. The lowest BCUT2D eigenvalue weighted by molar-refractivity contribution is 0.341. The SMILES string of the molecule is CCC(CC)(CC)NS(=O)(=O)c1ccc(C(N)=S)cc1C. The van der Waals surface area contributed by atoms with Gasteiger partial charge in [-0.15, -0.1) is 0 Å². The van der Waals surface area contributed by atoms with E-state index in [4.69, 9.17) is 18.0 Å². The highest BCUT2D eigenvalue weighted by Crippen LogP contribution is 2.24. The molecule has 0 saturated carbocycles. The van der Waals surface area contributed by atoms with E-state index < -0.39 is 15.6 Å². The quantitative estimate of drug-likeness (QED) is 0.755. The highest BCUT2D eigenvalue weighted by Gasteiger charge is 2.31. The Morgan fingerprint density at radius 3 is 2.14 bits per heavy atom. The van der Waals surface area contributed by atoms with E-state index in [9.17, 15) is 8.42 Å². The maximum atomic E-state index is 12.7. The van der Waals surface area contributed by atoms with Crippen molar-refractivity contribution in [2.24, 2.45) is 5.73 Å². The molecule has 3 N–H and O–H groups in total. The van der Waals surface area contributed by atoms with Crippen molar-refractivity contribution in [1.82, 2.24) is 4.72 Å². The van der Waals surface area contributed by atoms with Crippen LogP contribution >= 0.6 is 12.2 Å². The minimum absolute atomic E-state index is 0.264. The molecule has 0 atom stereocenters. The molecule has 0 amide bonds. The first-order chi connectivity index (χ1) is 9.71. The molecule has 0 spiro atoms. The van der Waals surface area contributed by atoms with Gasteiger partial charge in [0.2, 0.25) is 10.0 Å². The third kappa shape index (κ3) is 4.02. The van der Waals surface area contributed by atoms with Gasteiger partial charge < -0.3 is 5.73 Å². The maximum Gasteiger partial charge on any atom is 0.241 e. The second kappa shape index (κ2) is 6.85. The molecule has 0 aliphatic heterocycles. The summed E-state index contributed by atoms with van der Waals surface area (Å²) in [5.41, 5.74) is 6.50. The van der Waals surface area contributed by atoms with Crippen LogP contribution in [-0.2, 0) is 10.0 Å². The highest BCUT2D eigenvalue weighted by molar-refractivity contribution is 7.89. The molecule has 0 fully saturated rings. The average molecular weight is 329 g/mol. The van der Waals surface area contributed by atoms with E-state index >= 15 is 0 Å². The zero-order valence-corrected chi connectivity index (χ0v) is 14.7. The van der Waals surface area contributed by atoms with Crippen molar-refractivity contribution < 1.29 is 8.42 Å². The lowest BCUT2D eigenvalue weighted by atomic mass is 9.91. The smallest absolute Gasteiger partial charge is 0.241 e. The molecular weight excluding hydrogens is 304 g/mol. The van der Waals surface area contributed by atoms with Crippen molar-refractivity contribution in [3.63, 3.8) is 0 Å². The summed E-state index contributed by atoms with van der Waals surface area (Å²) in [6, 6.07) is 4.93. The van der Waals surface area contributed by atoms with Gasteiger partial charge in [0, 0.05) is 11.1 Å². The molecule has 1 aromatic carbocycles. The van der Waals surface area contributed by atoms with Gasteiger partial charge in [-0.1, -0.05) is 39.1 Å². The molecule has 0 bridgehead atoms. The Balaban J connectivity index is 3.23. The first kappa shape index (κ1) is 18.1. The van der Waals surface area contributed by atoms with Crippen molar-refractivity contribution in [1.29, 1.82) is 0 Å². The van der Waals surface area contributed by atoms with E-state index in [1.165, 1.54) is 0 Å². The standard InChI is InChI=1S/C15H24N2O2S2/c1-5-15(6-2,7-3)17-21(18,19)13-9-8-12(14(16)20)10-11(13)4/h8-10,17H,5-7H2,1-4H3,(H2,16,20). The summed E-state index contributed by atoms with van der Waals surface area (Å²) in [7, 11) is -3.56. The number of sulfonamides is 1. The summed E-state index contributed by atoms with van der Waals surface area (Å²) in [6.45, 7) is 7.75. The number of nitrogens with two attached hydrogens (primary N) is 1. The van der Waals surface area contributed by atoms with E-state index in [1.807, 2.05) is 20.8 Å².